The van der Waals surface area contributed by atoms with E-state index in [1.165, 1.54) is 28.6 Å². The molecule has 8 nitrogen and oxygen atoms in total. The van der Waals surface area contributed by atoms with E-state index in [0.717, 1.165) is 6.42 Å². The standard InChI is InChI=1S/C23H26ClNO7S/c1-15-12-25(13-16(2)32-15)33(27,28)19-6-4-18(5-7-19)23(26)31-14-17-10-20(24)22-21(11-17)29-8-3-9-30-22/h4-7,10-11,15-16H,3,8-9,12-14H2,1-2H3/t15-,16-/m1/s1. The van der Waals surface area contributed by atoms with Gasteiger partial charge in [0.1, 0.15) is 6.61 Å². The number of ether oxygens (including phenoxy) is 4. The second kappa shape index (κ2) is 9.89. The van der Waals surface area contributed by atoms with E-state index in [-0.39, 0.29) is 42.4 Å². The van der Waals surface area contributed by atoms with E-state index < -0.39 is 16.0 Å². The van der Waals surface area contributed by atoms with Crippen molar-refractivity contribution in [3.63, 3.8) is 0 Å². The number of morpholine rings is 1. The Morgan fingerprint density at radius 1 is 1.09 bits per heavy atom. The predicted molar refractivity (Wildman–Crippen MR) is 121 cm³/mol. The third-order valence-electron chi connectivity index (χ3n) is 5.35. The molecule has 2 atom stereocenters. The monoisotopic (exact) mass is 495 g/mol. The Kier molecular flexibility index (Phi) is 7.13. The molecule has 1 fully saturated rings. The summed E-state index contributed by atoms with van der Waals surface area (Å²) in [5.74, 6) is 0.438. The molecule has 0 N–H and O–H groups in total. The minimum absolute atomic E-state index is 0.0151. The lowest BCUT2D eigenvalue weighted by molar-refractivity contribution is -0.0440. The fourth-order valence-electron chi connectivity index (χ4n) is 3.84. The molecule has 4 rings (SSSR count). The average Bonchev–Trinajstić information content (AvgIpc) is 3.03. The van der Waals surface area contributed by atoms with Crippen LogP contribution in [0.4, 0.5) is 0 Å². The van der Waals surface area contributed by atoms with Crippen molar-refractivity contribution in [2.45, 2.75) is 44.0 Å². The van der Waals surface area contributed by atoms with E-state index in [9.17, 15) is 13.2 Å². The van der Waals surface area contributed by atoms with Crippen LogP contribution in [0.5, 0.6) is 11.5 Å². The maximum atomic E-state index is 13.0. The first-order valence-electron chi connectivity index (χ1n) is 10.7. The van der Waals surface area contributed by atoms with Crippen LogP contribution in [-0.4, -0.2) is 57.2 Å². The topological polar surface area (TPSA) is 91.4 Å². The number of nitrogens with zero attached hydrogens (tertiary/aromatic N) is 1. The van der Waals surface area contributed by atoms with Crippen molar-refractivity contribution >= 4 is 27.6 Å². The Bertz CT molecular complexity index is 1110. The summed E-state index contributed by atoms with van der Waals surface area (Å²) in [6, 6.07) is 9.14. The number of hydrogen-bond acceptors (Lipinski definition) is 7. The molecular formula is C23H26ClNO7S. The summed E-state index contributed by atoms with van der Waals surface area (Å²) in [6.45, 7) is 5.28. The second-order valence-electron chi connectivity index (χ2n) is 8.14. The van der Waals surface area contributed by atoms with E-state index >= 15 is 0 Å². The van der Waals surface area contributed by atoms with E-state index in [0.29, 0.717) is 35.3 Å². The highest BCUT2D eigenvalue weighted by atomic mass is 35.5. The molecule has 2 aliphatic heterocycles. The van der Waals surface area contributed by atoms with E-state index in [2.05, 4.69) is 0 Å². The van der Waals surface area contributed by atoms with Gasteiger partial charge in [-0.05, 0) is 55.8 Å². The van der Waals surface area contributed by atoms with Gasteiger partial charge < -0.3 is 18.9 Å². The van der Waals surface area contributed by atoms with Crippen LogP contribution in [0.2, 0.25) is 5.02 Å². The van der Waals surface area contributed by atoms with Crippen molar-refractivity contribution in [3.05, 3.63) is 52.5 Å². The molecule has 0 spiro atoms. The summed E-state index contributed by atoms with van der Waals surface area (Å²) in [6.07, 6.45) is 0.386. The highest BCUT2D eigenvalue weighted by Gasteiger charge is 2.32. The van der Waals surface area contributed by atoms with Crippen LogP contribution in [0.1, 0.15) is 36.2 Å². The van der Waals surface area contributed by atoms with Gasteiger partial charge in [-0.2, -0.15) is 4.31 Å². The maximum absolute atomic E-state index is 13.0. The minimum Gasteiger partial charge on any atom is -0.489 e. The van der Waals surface area contributed by atoms with Gasteiger partial charge in [-0.15, -0.1) is 0 Å². The maximum Gasteiger partial charge on any atom is 0.338 e. The number of halogens is 1. The summed E-state index contributed by atoms with van der Waals surface area (Å²) in [7, 11) is -3.68. The smallest absolute Gasteiger partial charge is 0.338 e. The molecule has 10 heteroatoms. The zero-order chi connectivity index (χ0) is 23.6. The third-order valence-corrected chi connectivity index (χ3v) is 7.47. The van der Waals surface area contributed by atoms with Gasteiger partial charge in [-0.1, -0.05) is 11.6 Å². The Hall–Kier alpha value is -2.33. The number of rotatable bonds is 5. The molecule has 1 saturated heterocycles. The Balaban J connectivity index is 1.42. The number of fused-ring (bicyclic) bond motifs is 1. The van der Waals surface area contributed by atoms with Gasteiger partial charge >= 0.3 is 5.97 Å². The molecule has 0 radical (unpaired) electrons. The molecule has 33 heavy (non-hydrogen) atoms. The van der Waals surface area contributed by atoms with E-state index in [1.54, 1.807) is 12.1 Å². The zero-order valence-corrected chi connectivity index (χ0v) is 20.0. The van der Waals surface area contributed by atoms with Crippen LogP contribution in [0.3, 0.4) is 0 Å². The quantitative estimate of drug-likeness (QED) is 0.584. The first-order chi connectivity index (χ1) is 15.7. The zero-order valence-electron chi connectivity index (χ0n) is 18.5. The minimum atomic E-state index is -3.68. The lowest BCUT2D eigenvalue weighted by Gasteiger charge is -2.34. The number of carbonyl (C=O) groups is 1. The molecule has 0 unspecified atom stereocenters. The van der Waals surface area contributed by atoms with Crippen LogP contribution in [0, 0.1) is 0 Å². The fourth-order valence-corrected chi connectivity index (χ4v) is 5.72. The molecular weight excluding hydrogens is 470 g/mol. The van der Waals surface area contributed by atoms with Gasteiger partial charge in [-0.25, -0.2) is 13.2 Å². The van der Waals surface area contributed by atoms with Crippen molar-refractivity contribution in [3.8, 4) is 11.5 Å². The average molecular weight is 496 g/mol. The van der Waals surface area contributed by atoms with Crippen molar-refractivity contribution in [1.82, 2.24) is 4.31 Å². The van der Waals surface area contributed by atoms with E-state index in [1.807, 2.05) is 13.8 Å². The van der Waals surface area contributed by atoms with Gasteiger partial charge in [0.25, 0.3) is 0 Å². The third kappa shape index (κ3) is 5.43. The molecule has 0 aromatic heterocycles. The number of hydrogen-bond donors (Lipinski definition) is 0. The molecule has 2 aliphatic rings. The second-order valence-corrected chi connectivity index (χ2v) is 10.5. The molecule has 2 aromatic carbocycles. The molecule has 0 saturated carbocycles. The summed E-state index contributed by atoms with van der Waals surface area (Å²) >= 11 is 6.28. The van der Waals surface area contributed by atoms with Crippen LogP contribution in [0.15, 0.2) is 41.3 Å². The van der Waals surface area contributed by atoms with Gasteiger partial charge in [0.15, 0.2) is 11.5 Å². The first kappa shape index (κ1) is 23.8. The van der Waals surface area contributed by atoms with Gasteiger partial charge in [0, 0.05) is 19.5 Å². The number of carbonyl (C=O) groups excluding carboxylic acids is 1. The van der Waals surface area contributed by atoms with Crippen molar-refractivity contribution < 1.29 is 32.2 Å². The van der Waals surface area contributed by atoms with Crippen LogP contribution >= 0.6 is 11.6 Å². The van der Waals surface area contributed by atoms with Crippen LogP contribution in [0.25, 0.3) is 0 Å². The summed E-state index contributed by atoms with van der Waals surface area (Å²) in [4.78, 5) is 12.6. The molecule has 0 amide bonds. The SMILES string of the molecule is C[C@@H]1CN(S(=O)(=O)c2ccc(C(=O)OCc3cc(Cl)c4c(c3)OCCCO4)cc2)C[C@@H](C)O1. The summed E-state index contributed by atoms with van der Waals surface area (Å²) < 4.78 is 49.6. The predicted octanol–water partition coefficient (Wildman–Crippen LogP) is 3.66. The molecule has 0 aliphatic carbocycles. The van der Waals surface area contributed by atoms with Crippen LogP contribution < -0.4 is 9.47 Å². The van der Waals surface area contributed by atoms with Crippen LogP contribution in [-0.2, 0) is 26.1 Å². The Morgan fingerprint density at radius 2 is 1.76 bits per heavy atom. The van der Waals surface area contributed by atoms with Gasteiger partial charge in [0.2, 0.25) is 10.0 Å². The number of esters is 1. The van der Waals surface area contributed by atoms with Gasteiger partial charge in [0.05, 0.1) is 40.9 Å². The molecule has 178 valence electrons. The number of sulfonamides is 1. The lowest BCUT2D eigenvalue weighted by Crippen LogP contribution is -2.48. The van der Waals surface area contributed by atoms with Crippen molar-refractivity contribution in [2.24, 2.45) is 0 Å². The molecule has 2 heterocycles. The fraction of sp³-hybridized carbons (Fsp3) is 0.435. The highest BCUT2D eigenvalue weighted by Crippen LogP contribution is 2.38. The first-order valence-corrected chi connectivity index (χ1v) is 12.6. The lowest BCUT2D eigenvalue weighted by atomic mass is 10.2. The summed E-state index contributed by atoms with van der Waals surface area (Å²) in [5.41, 5.74) is 0.908. The largest absolute Gasteiger partial charge is 0.489 e. The van der Waals surface area contributed by atoms with Crippen molar-refractivity contribution in [2.75, 3.05) is 26.3 Å². The Morgan fingerprint density at radius 3 is 2.45 bits per heavy atom. The van der Waals surface area contributed by atoms with E-state index in [4.69, 9.17) is 30.5 Å². The highest BCUT2D eigenvalue weighted by molar-refractivity contribution is 7.89. The molecule has 0 bridgehead atoms. The normalized spacial score (nSPS) is 21.3. The van der Waals surface area contributed by atoms with Gasteiger partial charge in [-0.3, -0.25) is 0 Å². The molecule has 2 aromatic rings. The van der Waals surface area contributed by atoms with Crippen molar-refractivity contribution in [1.29, 1.82) is 0 Å². The number of benzene rings is 2. The Labute approximate surface area is 198 Å². The summed E-state index contributed by atoms with van der Waals surface area (Å²) in [5, 5.41) is 0.391.